The van der Waals surface area contributed by atoms with Crippen molar-refractivity contribution in [2.24, 2.45) is 0 Å². The van der Waals surface area contributed by atoms with Crippen LogP contribution in [0, 0.1) is 0 Å². The van der Waals surface area contributed by atoms with E-state index in [4.69, 9.17) is 14.2 Å². The Balaban J connectivity index is 1.05. The summed E-state index contributed by atoms with van der Waals surface area (Å²) in [6, 6.07) is 15.0. The summed E-state index contributed by atoms with van der Waals surface area (Å²) in [5.74, 6) is 1.08. The quantitative estimate of drug-likeness (QED) is 0.225. The van der Waals surface area contributed by atoms with E-state index in [2.05, 4.69) is 36.5 Å². The van der Waals surface area contributed by atoms with E-state index in [9.17, 15) is 9.59 Å². The molecule has 1 saturated heterocycles. The summed E-state index contributed by atoms with van der Waals surface area (Å²) >= 11 is 1.59. The van der Waals surface area contributed by atoms with Gasteiger partial charge >= 0.3 is 6.03 Å². The van der Waals surface area contributed by atoms with Crippen LogP contribution in [0.5, 0.6) is 0 Å². The molecule has 5 aromatic rings. The Kier molecular flexibility index (Phi) is 8.15. The van der Waals surface area contributed by atoms with Gasteiger partial charge in [-0.15, -0.1) is 0 Å². The molecule has 1 fully saturated rings. The second kappa shape index (κ2) is 12.2. The molecular formula is C31H35N7O4S. The number of anilines is 2. The number of nitrogens with zero attached hydrogens (tertiary/aromatic N) is 4. The zero-order valence-electron chi connectivity index (χ0n) is 24.5. The van der Waals surface area contributed by atoms with Gasteiger partial charge in [-0.2, -0.15) is 0 Å². The smallest absolute Gasteiger partial charge is 0.324 e. The van der Waals surface area contributed by atoms with Gasteiger partial charge in [-0.1, -0.05) is 55.5 Å². The van der Waals surface area contributed by atoms with Gasteiger partial charge in [0, 0.05) is 55.1 Å². The normalized spacial score (nSPS) is 14.3. The number of imidazole rings is 1. The fraction of sp³-hybridized carbons (Fsp3) is 0.355. The van der Waals surface area contributed by atoms with Crippen molar-refractivity contribution in [3.05, 3.63) is 66.1 Å². The molecule has 43 heavy (non-hydrogen) atoms. The first kappa shape index (κ1) is 28.8. The Morgan fingerprint density at radius 2 is 1.81 bits per heavy atom. The number of urea groups is 1. The highest BCUT2D eigenvalue weighted by Crippen LogP contribution is 2.31. The SMILES string of the molecule is CC(C)(C)c1cc(NC(=O)Nc2ccc(-c3cn4c(n3)sc3cc(CC(=O)NCCN5CCOCC5)ccc34)cc2)no1. The number of carbonyl (C=O) groups excluding carboxylic acids is 2. The van der Waals surface area contributed by atoms with Crippen molar-refractivity contribution >= 4 is 50.0 Å². The van der Waals surface area contributed by atoms with Crippen LogP contribution in [0.4, 0.5) is 16.3 Å². The van der Waals surface area contributed by atoms with E-state index in [1.807, 2.05) is 63.4 Å². The zero-order valence-corrected chi connectivity index (χ0v) is 25.3. The van der Waals surface area contributed by atoms with E-state index < -0.39 is 6.03 Å². The van der Waals surface area contributed by atoms with E-state index in [1.165, 1.54) is 0 Å². The minimum absolute atomic E-state index is 0.0273. The standard InChI is InChI=1S/C31H35N7O4S/c1-31(2,3)26-18-27(36-42-26)35-29(40)33-22-7-5-21(6-8-22)23-19-38-24-9-4-20(16-25(24)43-30(38)34-23)17-28(39)32-10-11-37-12-14-41-15-13-37/h4-9,16,18-19H,10-15,17H2,1-3H3,(H,32,39)(H2,33,35,36,40). The first-order chi connectivity index (χ1) is 20.7. The lowest BCUT2D eigenvalue weighted by Crippen LogP contribution is -2.41. The second-order valence-electron chi connectivity index (χ2n) is 11.6. The molecule has 4 heterocycles. The fourth-order valence-electron chi connectivity index (χ4n) is 4.91. The molecule has 3 amide bonds. The van der Waals surface area contributed by atoms with Crippen LogP contribution in [0.3, 0.4) is 0 Å². The van der Waals surface area contributed by atoms with Crippen LogP contribution in [0.15, 0.2) is 59.3 Å². The Hall–Kier alpha value is -4.26. The molecule has 0 radical (unpaired) electrons. The maximum atomic E-state index is 12.5. The Morgan fingerprint density at radius 3 is 2.56 bits per heavy atom. The van der Waals surface area contributed by atoms with Crippen molar-refractivity contribution in [3.63, 3.8) is 0 Å². The second-order valence-corrected chi connectivity index (χ2v) is 12.7. The average molecular weight is 602 g/mol. The van der Waals surface area contributed by atoms with Gasteiger partial charge in [0.15, 0.2) is 10.8 Å². The summed E-state index contributed by atoms with van der Waals surface area (Å²) in [7, 11) is 0. The number of benzene rings is 2. The van der Waals surface area contributed by atoms with Gasteiger partial charge in [0.25, 0.3) is 0 Å². The van der Waals surface area contributed by atoms with Gasteiger partial charge in [-0.25, -0.2) is 9.78 Å². The third-order valence-electron chi connectivity index (χ3n) is 7.31. The summed E-state index contributed by atoms with van der Waals surface area (Å²) in [4.78, 5) is 33.0. The van der Waals surface area contributed by atoms with E-state index in [0.29, 0.717) is 30.2 Å². The van der Waals surface area contributed by atoms with Crippen LogP contribution in [0.25, 0.3) is 26.4 Å². The first-order valence-electron chi connectivity index (χ1n) is 14.3. The molecule has 6 rings (SSSR count). The number of thiazole rings is 1. The van der Waals surface area contributed by atoms with Gasteiger partial charge in [0.1, 0.15) is 5.76 Å². The number of fused-ring (bicyclic) bond motifs is 3. The monoisotopic (exact) mass is 601 g/mol. The van der Waals surface area contributed by atoms with Crippen molar-refractivity contribution in [2.75, 3.05) is 50.0 Å². The van der Waals surface area contributed by atoms with E-state index in [-0.39, 0.29) is 11.3 Å². The summed E-state index contributed by atoms with van der Waals surface area (Å²) in [6.45, 7) is 10.9. The lowest BCUT2D eigenvalue weighted by Gasteiger charge is -2.26. The van der Waals surface area contributed by atoms with E-state index in [1.54, 1.807) is 17.4 Å². The first-order valence-corrected chi connectivity index (χ1v) is 15.2. The molecule has 0 saturated carbocycles. The lowest BCUT2D eigenvalue weighted by atomic mass is 9.93. The maximum absolute atomic E-state index is 12.5. The van der Waals surface area contributed by atoms with Crippen LogP contribution >= 0.6 is 11.3 Å². The molecule has 3 aromatic heterocycles. The summed E-state index contributed by atoms with van der Waals surface area (Å²) in [5.41, 5.74) is 4.25. The number of aromatic nitrogens is 3. The molecule has 3 N–H and O–H groups in total. The molecule has 0 bridgehead atoms. The number of morpholine rings is 1. The topological polar surface area (TPSA) is 126 Å². The van der Waals surface area contributed by atoms with Gasteiger partial charge in [-0.3, -0.25) is 19.4 Å². The number of nitrogens with one attached hydrogen (secondary N) is 3. The van der Waals surface area contributed by atoms with Crippen molar-refractivity contribution < 1.29 is 18.8 Å². The van der Waals surface area contributed by atoms with Crippen LogP contribution < -0.4 is 16.0 Å². The number of carbonyl (C=O) groups is 2. The van der Waals surface area contributed by atoms with Gasteiger partial charge in [0.2, 0.25) is 5.91 Å². The average Bonchev–Trinajstić information content (AvgIpc) is 3.69. The highest BCUT2D eigenvalue weighted by atomic mass is 32.1. The van der Waals surface area contributed by atoms with Crippen molar-refractivity contribution in [1.82, 2.24) is 24.8 Å². The third-order valence-corrected chi connectivity index (χ3v) is 8.32. The Bertz CT molecular complexity index is 1740. The minimum Gasteiger partial charge on any atom is -0.379 e. The molecule has 12 heteroatoms. The largest absolute Gasteiger partial charge is 0.379 e. The van der Waals surface area contributed by atoms with Crippen LogP contribution in [-0.2, 0) is 21.4 Å². The number of amides is 3. The fourth-order valence-corrected chi connectivity index (χ4v) is 5.98. The van der Waals surface area contributed by atoms with Crippen LogP contribution in [0.2, 0.25) is 0 Å². The number of hydrogen-bond acceptors (Lipinski definition) is 8. The highest BCUT2D eigenvalue weighted by molar-refractivity contribution is 7.23. The van der Waals surface area contributed by atoms with E-state index in [0.717, 1.165) is 64.8 Å². The Labute approximate surface area is 253 Å². The van der Waals surface area contributed by atoms with Crippen LogP contribution in [0.1, 0.15) is 32.1 Å². The molecular weight excluding hydrogens is 566 g/mol. The molecule has 1 aliphatic rings. The Morgan fingerprint density at radius 1 is 1.02 bits per heavy atom. The molecule has 0 spiro atoms. The summed E-state index contributed by atoms with van der Waals surface area (Å²) < 4.78 is 13.9. The molecule has 2 aromatic carbocycles. The maximum Gasteiger partial charge on any atom is 0.324 e. The van der Waals surface area contributed by atoms with Gasteiger partial charge < -0.3 is 19.9 Å². The van der Waals surface area contributed by atoms with E-state index >= 15 is 0 Å². The number of hydrogen-bond donors (Lipinski definition) is 3. The summed E-state index contributed by atoms with van der Waals surface area (Å²) in [6.07, 6.45) is 2.36. The third kappa shape index (κ3) is 6.87. The van der Waals surface area contributed by atoms with Gasteiger partial charge in [0.05, 0.1) is 35.5 Å². The molecule has 0 atom stereocenters. The minimum atomic E-state index is -0.402. The predicted octanol–water partition coefficient (Wildman–Crippen LogP) is 5.14. The van der Waals surface area contributed by atoms with Crippen molar-refractivity contribution in [3.8, 4) is 11.3 Å². The molecule has 224 valence electrons. The van der Waals surface area contributed by atoms with Crippen molar-refractivity contribution in [2.45, 2.75) is 32.6 Å². The van der Waals surface area contributed by atoms with Gasteiger partial charge in [-0.05, 0) is 29.8 Å². The molecule has 0 aliphatic carbocycles. The molecule has 1 aliphatic heterocycles. The predicted molar refractivity (Wildman–Crippen MR) is 168 cm³/mol. The van der Waals surface area contributed by atoms with Crippen LogP contribution in [-0.4, -0.2) is 70.8 Å². The highest BCUT2D eigenvalue weighted by Gasteiger charge is 2.20. The zero-order chi connectivity index (χ0) is 30.0. The number of rotatable bonds is 8. The number of ether oxygens (including phenoxy) is 1. The lowest BCUT2D eigenvalue weighted by molar-refractivity contribution is -0.120. The summed E-state index contributed by atoms with van der Waals surface area (Å²) in [5, 5.41) is 12.5. The van der Waals surface area contributed by atoms with Crippen molar-refractivity contribution in [1.29, 1.82) is 0 Å². The molecule has 11 nitrogen and oxygen atoms in total. The molecule has 0 unspecified atom stereocenters.